The number of halogens is 1. The van der Waals surface area contributed by atoms with Gasteiger partial charge in [0.05, 0.1) is 0 Å². The zero-order valence-electron chi connectivity index (χ0n) is 11.5. The van der Waals surface area contributed by atoms with Crippen LogP contribution in [0.15, 0.2) is 18.2 Å². The summed E-state index contributed by atoms with van der Waals surface area (Å²) in [7, 11) is 0. The van der Waals surface area contributed by atoms with Gasteiger partial charge in [0.1, 0.15) is 10.8 Å². The van der Waals surface area contributed by atoms with Crippen LogP contribution in [-0.4, -0.2) is 22.5 Å². The Morgan fingerprint density at radius 1 is 1.53 bits per heavy atom. The first-order chi connectivity index (χ1) is 9.00. The minimum Gasteiger partial charge on any atom is -0.389 e. The molecule has 104 valence electrons. The third-order valence-electron chi connectivity index (χ3n) is 3.90. The fourth-order valence-corrected chi connectivity index (χ4v) is 3.07. The van der Waals surface area contributed by atoms with E-state index in [1.807, 2.05) is 12.1 Å². The van der Waals surface area contributed by atoms with E-state index in [1.54, 1.807) is 6.07 Å². The number of likely N-dealkylation sites (tertiary alicyclic amines) is 1. The summed E-state index contributed by atoms with van der Waals surface area (Å²) in [4.78, 5) is 2.49. The molecular formula is C15H21FN2S. The Morgan fingerprint density at radius 2 is 2.26 bits per heavy atom. The molecular weight excluding hydrogens is 259 g/mol. The van der Waals surface area contributed by atoms with E-state index in [4.69, 9.17) is 18.0 Å². The Balaban J connectivity index is 2.19. The molecule has 2 nitrogen and oxygen atoms in total. The highest BCUT2D eigenvalue weighted by Crippen LogP contribution is 2.26. The Labute approximate surface area is 119 Å². The highest BCUT2D eigenvalue weighted by atomic mass is 32.1. The second-order valence-electron chi connectivity index (χ2n) is 5.57. The average Bonchev–Trinajstić information content (AvgIpc) is 2.79. The molecule has 19 heavy (non-hydrogen) atoms. The van der Waals surface area contributed by atoms with Gasteiger partial charge in [0.15, 0.2) is 0 Å². The molecule has 4 heteroatoms. The Kier molecular flexibility index (Phi) is 4.53. The molecule has 0 spiro atoms. The van der Waals surface area contributed by atoms with Crippen LogP contribution in [0.1, 0.15) is 37.8 Å². The van der Waals surface area contributed by atoms with Crippen molar-refractivity contribution in [1.82, 2.24) is 4.90 Å². The molecule has 0 radical (unpaired) electrons. The van der Waals surface area contributed by atoms with Crippen LogP contribution in [0.2, 0.25) is 0 Å². The molecule has 1 aromatic rings. The van der Waals surface area contributed by atoms with Gasteiger partial charge in [-0.3, -0.25) is 4.90 Å². The monoisotopic (exact) mass is 280 g/mol. The van der Waals surface area contributed by atoms with E-state index in [0.717, 1.165) is 6.54 Å². The van der Waals surface area contributed by atoms with Crippen molar-refractivity contribution in [2.24, 2.45) is 11.7 Å². The van der Waals surface area contributed by atoms with Crippen LogP contribution >= 0.6 is 12.2 Å². The van der Waals surface area contributed by atoms with Gasteiger partial charge in [-0.25, -0.2) is 4.39 Å². The zero-order chi connectivity index (χ0) is 14.0. The second kappa shape index (κ2) is 5.97. The summed E-state index contributed by atoms with van der Waals surface area (Å²) in [6, 6.07) is 5.85. The van der Waals surface area contributed by atoms with Crippen molar-refractivity contribution in [3.05, 3.63) is 35.1 Å². The van der Waals surface area contributed by atoms with E-state index in [9.17, 15) is 4.39 Å². The van der Waals surface area contributed by atoms with Crippen molar-refractivity contribution in [2.45, 2.75) is 39.3 Å². The van der Waals surface area contributed by atoms with Gasteiger partial charge in [-0.1, -0.05) is 38.2 Å². The lowest BCUT2D eigenvalue weighted by Gasteiger charge is -2.27. The van der Waals surface area contributed by atoms with Crippen LogP contribution < -0.4 is 5.73 Å². The Morgan fingerprint density at radius 3 is 2.89 bits per heavy atom. The highest BCUT2D eigenvalue weighted by molar-refractivity contribution is 7.80. The largest absolute Gasteiger partial charge is 0.389 e. The predicted octanol–water partition coefficient (Wildman–Crippen LogP) is 3.08. The van der Waals surface area contributed by atoms with Gasteiger partial charge < -0.3 is 5.73 Å². The number of rotatable bonds is 4. The predicted molar refractivity (Wildman–Crippen MR) is 80.6 cm³/mol. The minimum absolute atomic E-state index is 0.126. The molecule has 0 aromatic heterocycles. The minimum atomic E-state index is -0.260. The van der Waals surface area contributed by atoms with Crippen molar-refractivity contribution in [3.63, 3.8) is 0 Å². The van der Waals surface area contributed by atoms with Crippen molar-refractivity contribution < 1.29 is 4.39 Å². The van der Waals surface area contributed by atoms with Gasteiger partial charge in [0, 0.05) is 23.7 Å². The van der Waals surface area contributed by atoms with Crippen LogP contribution in [0.3, 0.4) is 0 Å². The van der Waals surface area contributed by atoms with Crippen LogP contribution in [0.4, 0.5) is 4.39 Å². The van der Waals surface area contributed by atoms with E-state index in [0.29, 0.717) is 29.6 Å². The van der Waals surface area contributed by atoms with Crippen LogP contribution in [0.5, 0.6) is 0 Å². The van der Waals surface area contributed by atoms with E-state index in [1.165, 1.54) is 12.8 Å². The fraction of sp³-hybridized carbons (Fsp3) is 0.533. The third-order valence-corrected chi connectivity index (χ3v) is 4.12. The average molecular weight is 280 g/mol. The van der Waals surface area contributed by atoms with Gasteiger partial charge >= 0.3 is 0 Å². The van der Waals surface area contributed by atoms with E-state index >= 15 is 0 Å². The summed E-state index contributed by atoms with van der Waals surface area (Å²) in [6.07, 6.45) is 2.40. The number of hydrogen-bond donors (Lipinski definition) is 1. The van der Waals surface area contributed by atoms with E-state index < -0.39 is 0 Å². The summed E-state index contributed by atoms with van der Waals surface area (Å²) >= 11 is 4.88. The third kappa shape index (κ3) is 3.12. The molecule has 1 aromatic carbocycles. The van der Waals surface area contributed by atoms with Gasteiger partial charge in [0.2, 0.25) is 0 Å². The van der Waals surface area contributed by atoms with Gasteiger partial charge in [-0.15, -0.1) is 0 Å². The molecule has 1 aliphatic heterocycles. The number of hydrogen-bond acceptors (Lipinski definition) is 2. The van der Waals surface area contributed by atoms with Crippen molar-refractivity contribution in [2.75, 3.05) is 6.54 Å². The maximum absolute atomic E-state index is 14.3. The summed E-state index contributed by atoms with van der Waals surface area (Å²) in [5.41, 5.74) is 6.59. The maximum Gasteiger partial charge on any atom is 0.137 e. The fourth-order valence-electron chi connectivity index (χ4n) is 2.91. The first-order valence-electron chi connectivity index (χ1n) is 6.82. The number of benzene rings is 1. The smallest absolute Gasteiger partial charge is 0.137 e. The quantitative estimate of drug-likeness (QED) is 0.859. The second-order valence-corrected chi connectivity index (χ2v) is 6.01. The van der Waals surface area contributed by atoms with Gasteiger partial charge in [-0.2, -0.15) is 0 Å². The van der Waals surface area contributed by atoms with Gasteiger partial charge in [0.25, 0.3) is 0 Å². The summed E-state index contributed by atoms with van der Waals surface area (Å²) < 4.78 is 14.3. The molecule has 1 unspecified atom stereocenters. The van der Waals surface area contributed by atoms with Crippen molar-refractivity contribution in [3.8, 4) is 0 Å². The normalized spacial score (nSPS) is 20.1. The first-order valence-corrected chi connectivity index (χ1v) is 7.22. The van der Waals surface area contributed by atoms with E-state index in [2.05, 4.69) is 18.7 Å². The lowest BCUT2D eigenvalue weighted by Crippen LogP contribution is -2.33. The number of nitrogens with two attached hydrogens (primary N) is 1. The lowest BCUT2D eigenvalue weighted by atomic mass is 10.0. The number of thiocarbonyl (C=S) groups is 1. The summed E-state index contributed by atoms with van der Waals surface area (Å²) in [5.74, 6) is 0.341. The van der Waals surface area contributed by atoms with E-state index in [-0.39, 0.29) is 10.8 Å². The molecule has 2 N–H and O–H groups in total. The highest BCUT2D eigenvalue weighted by Gasteiger charge is 2.27. The molecule has 0 bridgehead atoms. The SMILES string of the molecule is CC(C)C1CCCN1Cc1cccc(C(N)=S)c1F. The maximum atomic E-state index is 14.3. The van der Waals surface area contributed by atoms with Crippen LogP contribution in [-0.2, 0) is 6.54 Å². The Bertz CT molecular complexity index is 473. The number of nitrogens with zero attached hydrogens (tertiary/aromatic N) is 1. The van der Waals surface area contributed by atoms with Crippen molar-refractivity contribution in [1.29, 1.82) is 0 Å². The Hall–Kier alpha value is -1.00. The van der Waals surface area contributed by atoms with Crippen LogP contribution in [0.25, 0.3) is 0 Å². The standard InChI is InChI=1S/C15H21FN2S/c1-10(2)13-7-4-8-18(13)9-11-5-3-6-12(14(11)16)15(17)19/h3,5-6,10,13H,4,7-9H2,1-2H3,(H2,17,19). The molecule has 2 rings (SSSR count). The molecule has 1 saturated heterocycles. The molecule has 0 aliphatic carbocycles. The van der Waals surface area contributed by atoms with Gasteiger partial charge in [-0.05, 0) is 31.4 Å². The molecule has 1 aliphatic rings. The molecule has 0 amide bonds. The molecule has 0 saturated carbocycles. The lowest BCUT2D eigenvalue weighted by molar-refractivity contribution is 0.196. The first kappa shape index (κ1) is 14.4. The van der Waals surface area contributed by atoms with Crippen LogP contribution in [0, 0.1) is 11.7 Å². The summed E-state index contributed by atoms with van der Waals surface area (Å²) in [5, 5.41) is 0. The zero-order valence-corrected chi connectivity index (χ0v) is 12.3. The summed E-state index contributed by atoms with van der Waals surface area (Å²) in [6.45, 7) is 6.14. The van der Waals surface area contributed by atoms with Crippen molar-refractivity contribution >= 4 is 17.2 Å². The molecule has 1 atom stereocenters. The molecule has 1 fully saturated rings. The topological polar surface area (TPSA) is 29.3 Å². The molecule has 1 heterocycles.